The molecule has 1 aliphatic rings. The van der Waals surface area contributed by atoms with Gasteiger partial charge in [-0.15, -0.1) is 0 Å². The van der Waals surface area contributed by atoms with Crippen molar-refractivity contribution < 1.29 is 18.9 Å². The van der Waals surface area contributed by atoms with E-state index in [2.05, 4.69) is 0 Å². The van der Waals surface area contributed by atoms with Crippen molar-refractivity contribution in [3.63, 3.8) is 0 Å². The van der Waals surface area contributed by atoms with Crippen molar-refractivity contribution in [2.24, 2.45) is 5.73 Å². The Bertz CT molecular complexity index is 391. The number of ether oxygens (including phenoxy) is 4. The van der Waals surface area contributed by atoms with Gasteiger partial charge < -0.3 is 24.7 Å². The standard InChI is InChI=1S/C13H19NO4/c1-15-9-3-4-12(16-2)10(7-9)11(14)8-13-17-5-6-18-13/h3-4,7,11,13H,5-6,8,14H2,1-2H3. The maximum absolute atomic E-state index is 6.18. The molecule has 0 aliphatic carbocycles. The highest BCUT2D eigenvalue weighted by molar-refractivity contribution is 5.42. The predicted molar refractivity (Wildman–Crippen MR) is 66.8 cm³/mol. The van der Waals surface area contributed by atoms with Crippen molar-refractivity contribution in [1.29, 1.82) is 0 Å². The zero-order valence-corrected chi connectivity index (χ0v) is 10.7. The van der Waals surface area contributed by atoms with E-state index in [0.29, 0.717) is 19.6 Å². The summed E-state index contributed by atoms with van der Waals surface area (Å²) >= 11 is 0. The number of methoxy groups -OCH3 is 2. The molecule has 2 N–H and O–H groups in total. The zero-order chi connectivity index (χ0) is 13.0. The molecule has 2 rings (SSSR count). The van der Waals surface area contributed by atoms with Crippen LogP contribution in [0.1, 0.15) is 18.0 Å². The number of rotatable bonds is 5. The van der Waals surface area contributed by atoms with Gasteiger partial charge in [0, 0.05) is 18.0 Å². The van der Waals surface area contributed by atoms with Gasteiger partial charge in [0.2, 0.25) is 0 Å². The number of hydrogen-bond donors (Lipinski definition) is 1. The smallest absolute Gasteiger partial charge is 0.159 e. The van der Waals surface area contributed by atoms with Crippen LogP contribution in [-0.2, 0) is 9.47 Å². The van der Waals surface area contributed by atoms with Gasteiger partial charge in [0.25, 0.3) is 0 Å². The van der Waals surface area contributed by atoms with Crippen molar-refractivity contribution in [1.82, 2.24) is 0 Å². The molecule has 1 aromatic rings. The molecule has 0 saturated carbocycles. The van der Waals surface area contributed by atoms with Crippen LogP contribution in [-0.4, -0.2) is 33.7 Å². The summed E-state index contributed by atoms with van der Waals surface area (Å²) in [4.78, 5) is 0. The summed E-state index contributed by atoms with van der Waals surface area (Å²) in [6.07, 6.45) is 0.375. The minimum atomic E-state index is -0.226. The van der Waals surface area contributed by atoms with Crippen LogP contribution in [0, 0.1) is 0 Å². The van der Waals surface area contributed by atoms with E-state index >= 15 is 0 Å². The molecule has 0 aromatic heterocycles. The van der Waals surface area contributed by atoms with Crippen molar-refractivity contribution in [3.05, 3.63) is 23.8 Å². The molecule has 1 aliphatic heterocycles. The fourth-order valence-corrected chi connectivity index (χ4v) is 2.01. The number of benzene rings is 1. The molecule has 1 atom stereocenters. The first-order chi connectivity index (χ1) is 8.74. The molecule has 5 nitrogen and oxygen atoms in total. The Hall–Kier alpha value is -1.30. The summed E-state index contributed by atoms with van der Waals surface area (Å²) in [7, 11) is 3.25. The molecule has 0 radical (unpaired) electrons. The molecule has 1 heterocycles. The summed E-state index contributed by atoms with van der Waals surface area (Å²) in [6, 6.07) is 5.37. The van der Waals surface area contributed by atoms with Crippen molar-refractivity contribution >= 4 is 0 Å². The first kappa shape index (κ1) is 13.1. The Morgan fingerprint density at radius 1 is 1.28 bits per heavy atom. The van der Waals surface area contributed by atoms with Crippen LogP contribution in [0.25, 0.3) is 0 Å². The van der Waals surface area contributed by atoms with Crippen molar-refractivity contribution in [2.45, 2.75) is 18.8 Å². The molecular weight excluding hydrogens is 234 g/mol. The van der Waals surface area contributed by atoms with Crippen LogP contribution in [0.3, 0.4) is 0 Å². The van der Waals surface area contributed by atoms with E-state index in [9.17, 15) is 0 Å². The summed E-state index contributed by atoms with van der Waals surface area (Å²) in [5.41, 5.74) is 7.08. The van der Waals surface area contributed by atoms with Crippen LogP contribution in [0.4, 0.5) is 0 Å². The average molecular weight is 253 g/mol. The Kier molecular flexibility index (Phi) is 4.41. The SMILES string of the molecule is COc1ccc(OC)c(C(N)CC2OCCO2)c1. The summed E-state index contributed by atoms with van der Waals surface area (Å²) in [6.45, 7) is 1.26. The van der Waals surface area contributed by atoms with E-state index in [1.165, 1.54) is 0 Å². The second-order valence-electron chi connectivity index (χ2n) is 4.12. The van der Waals surface area contributed by atoms with Gasteiger partial charge in [-0.05, 0) is 18.2 Å². The highest BCUT2D eigenvalue weighted by Gasteiger charge is 2.22. The zero-order valence-electron chi connectivity index (χ0n) is 10.7. The van der Waals surface area contributed by atoms with Gasteiger partial charge >= 0.3 is 0 Å². The van der Waals surface area contributed by atoms with E-state index in [1.807, 2.05) is 18.2 Å². The van der Waals surface area contributed by atoms with E-state index < -0.39 is 0 Å². The lowest BCUT2D eigenvalue weighted by Crippen LogP contribution is -2.20. The van der Waals surface area contributed by atoms with Gasteiger partial charge in [-0.2, -0.15) is 0 Å². The summed E-state index contributed by atoms with van der Waals surface area (Å²) in [5, 5.41) is 0. The third-order valence-corrected chi connectivity index (χ3v) is 2.97. The van der Waals surface area contributed by atoms with E-state index in [1.54, 1.807) is 14.2 Å². The molecule has 1 unspecified atom stereocenters. The van der Waals surface area contributed by atoms with Gasteiger partial charge in [-0.1, -0.05) is 0 Å². The summed E-state index contributed by atoms with van der Waals surface area (Å²) in [5.74, 6) is 1.51. The lowest BCUT2D eigenvalue weighted by molar-refractivity contribution is -0.0508. The van der Waals surface area contributed by atoms with Gasteiger partial charge in [0.15, 0.2) is 6.29 Å². The monoisotopic (exact) mass is 253 g/mol. The Morgan fingerprint density at radius 2 is 2.00 bits per heavy atom. The van der Waals surface area contributed by atoms with Crippen LogP contribution < -0.4 is 15.2 Å². The number of hydrogen-bond acceptors (Lipinski definition) is 5. The van der Waals surface area contributed by atoms with Gasteiger partial charge in [0.05, 0.1) is 27.4 Å². The largest absolute Gasteiger partial charge is 0.497 e. The fraction of sp³-hybridized carbons (Fsp3) is 0.538. The minimum Gasteiger partial charge on any atom is -0.497 e. The van der Waals surface area contributed by atoms with Crippen LogP contribution >= 0.6 is 0 Å². The molecule has 5 heteroatoms. The first-order valence-corrected chi connectivity index (χ1v) is 5.95. The topological polar surface area (TPSA) is 62.9 Å². The van der Waals surface area contributed by atoms with E-state index in [-0.39, 0.29) is 12.3 Å². The minimum absolute atomic E-state index is 0.210. The molecule has 0 amide bonds. The van der Waals surface area contributed by atoms with Crippen LogP contribution in [0.2, 0.25) is 0 Å². The highest BCUT2D eigenvalue weighted by Crippen LogP contribution is 2.31. The molecule has 18 heavy (non-hydrogen) atoms. The van der Waals surface area contributed by atoms with E-state index in [0.717, 1.165) is 17.1 Å². The molecular formula is C13H19NO4. The lowest BCUT2D eigenvalue weighted by atomic mass is 10.0. The predicted octanol–water partition coefficient (Wildman–Crippen LogP) is 1.47. The maximum atomic E-state index is 6.18. The molecule has 0 spiro atoms. The van der Waals surface area contributed by atoms with Gasteiger partial charge in [0.1, 0.15) is 11.5 Å². The highest BCUT2D eigenvalue weighted by atomic mass is 16.7. The third-order valence-electron chi connectivity index (χ3n) is 2.97. The number of nitrogens with two attached hydrogens (primary N) is 1. The first-order valence-electron chi connectivity index (χ1n) is 5.95. The normalized spacial score (nSPS) is 17.7. The third kappa shape index (κ3) is 2.93. The quantitative estimate of drug-likeness (QED) is 0.861. The van der Waals surface area contributed by atoms with E-state index in [4.69, 9.17) is 24.7 Å². The molecule has 1 aromatic carbocycles. The van der Waals surface area contributed by atoms with Crippen molar-refractivity contribution in [2.75, 3.05) is 27.4 Å². The van der Waals surface area contributed by atoms with Crippen molar-refractivity contribution in [3.8, 4) is 11.5 Å². The average Bonchev–Trinajstić information content (AvgIpc) is 2.90. The molecule has 1 fully saturated rings. The van der Waals surface area contributed by atoms with Crippen LogP contribution in [0.15, 0.2) is 18.2 Å². The second-order valence-corrected chi connectivity index (χ2v) is 4.12. The second kappa shape index (κ2) is 6.04. The Morgan fingerprint density at radius 3 is 2.61 bits per heavy atom. The van der Waals surface area contributed by atoms with Gasteiger partial charge in [-0.3, -0.25) is 0 Å². The molecule has 1 saturated heterocycles. The molecule has 0 bridgehead atoms. The Labute approximate surface area is 107 Å². The maximum Gasteiger partial charge on any atom is 0.159 e. The lowest BCUT2D eigenvalue weighted by Gasteiger charge is -2.19. The van der Waals surface area contributed by atoms with Crippen LogP contribution in [0.5, 0.6) is 11.5 Å². The fourth-order valence-electron chi connectivity index (χ4n) is 2.01. The Balaban J connectivity index is 2.13. The van der Waals surface area contributed by atoms with Gasteiger partial charge in [-0.25, -0.2) is 0 Å². The molecule has 100 valence electrons. The summed E-state index contributed by atoms with van der Waals surface area (Å²) < 4.78 is 21.3.